The molecule has 0 aliphatic carbocycles. The van der Waals surface area contributed by atoms with Crippen LogP contribution >= 0.6 is 0 Å². The summed E-state index contributed by atoms with van der Waals surface area (Å²) in [7, 11) is 0. The van der Waals surface area contributed by atoms with Crippen molar-refractivity contribution in [2.45, 2.75) is 0 Å². The number of aromatic nitrogens is 3. The van der Waals surface area contributed by atoms with E-state index in [0.29, 0.717) is 0 Å². The van der Waals surface area contributed by atoms with Gasteiger partial charge in [0.05, 0.1) is 6.20 Å². The van der Waals surface area contributed by atoms with Crippen LogP contribution < -0.4 is 0 Å². The molecule has 0 aliphatic rings. The van der Waals surface area contributed by atoms with E-state index in [1.165, 1.54) is 0 Å². The maximum absolute atomic E-state index is 5.35. The van der Waals surface area contributed by atoms with Crippen LogP contribution in [0.5, 0.6) is 0 Å². The summed E-state index contributed by atoms with van der Waals surface area (Å²) in [5, 5.41) is 5.95. The predicted molar refractivity (Wildman–Crippen MR) is 69.1 cm³/mol. The molecule has 0 fully saturated rings. The largest absolute Gasteiger partial charge is 0.356 e. The topological polar surface area (TPSA) is 54.7 Å². The third kappa shape index (κ3) is 1.20. The SMILES string of the molecule is c1cc(-c2ccnc3[nH]ccc23)c2oncc2c1. The molecule has 1 N–H and O–H groups in total. The molecule has 0 saturated carbocycles. The normalized spacial score (nSPS) is 11.3. The molecule has 0 aliphatic heterocycles. The Morgan fingerprint density at radius 3 is 3.06 bits per heavy atom. The fraction of sp³-hybridized carbons (Fsp3) is 0. The fourth-order valence-corrected chi connectivity index (χ4v) is 2.30. The smallest absolute Gasteiger partial charge is 0.174 e. The van der Waals surface area contributed by atoms with E-state index in [4.69, 9.17) is 4.52 Å². The Hall–Kier alpha value is -2.62. The van der Waals surface area contributed by atoms with Gasteiger partial charge < -0.3 is 9.51 Å². The number of hydrogen-bond acceptors (Lipinski definition) is 3. The minimum Gasteiger partial charge on any atom is -0.356 e. The van der Waals surface area contributed by atoms with Crippen LogP contribution in [0.25, 0.3) is 33.1 Å². The van der Waals surface area contributed by atoms with E-state index >= 15 is 0 Å². The number of fused-ring (bicyclic) bond motifs is 2. The first-order chi connectivity index (χ1) is 8.93. The van der Waals surface area contributed by atoms with Gasteiger partial charge in [-0.2, -0.15) is 0 Å². The van der Waals surface area contributed by atoms with E-state index in [-0.39, 0.29) is 0 Å². The highest BCUT2D eigenvalue weighted by atomic mass is 16.5. The lowest BCUT2D eigenvalue weighted by molar-refractivity contribution is 0.457. The van der Waals surface area contributed by atoms with Crippen LogP contribution in [0, 0.1) is 0 Å². The summed E-state index contributed by atoms with van der Waals surface area (Å²) < 4.78 is 5.35. The second-order valence-corrected chi connectivity index (χ2v) is 4.15. The Kier molecular flexibility index (Phi) is 1.80. The first-order valence-corrected chi connectivity index (χ1v) is 5.69. The van der Waals surface area contributed by atoms with Crippen molar-refractivity contribution in [1.82, 2.24) is 15.1 Å². The van der Waals surface area contributed by atoms with Crippen molar-refractivity contribution < 1.29 is 4.52 Å². The van der Waals surface area contributed by atoms with E-state index in [2.05, 4.69) is 15.1 Å². The quantitative estimate of drug-likeness (QED) is 0.550. The van der Waals surface area contributed by atoms with Crippen LogP contribution in [0.4, 0.5) is 0 Å². The maximum Gasteiger partial charge on any atom is 0.174 e. The first kappa shape index (κ1) is 9.41. The molecule has 86 valence electrons. The number of nitrogens with zero attached hydrogens (tertiary/aromatic N) is 2. The lowest BCUT2D eigenvalue weighted by Gasteiger charge is -2.03. The van der Waals surface area contributed by atoms with E-state index in [9.17, 15) is 0 Å². The molecule has 0 spiro atoms. The number of benzene rings is 1. The molecule has 1 aromatic carbocycles. The molecule has 0 bridgehead atoms. The molecular weight excluding hydrogens is 226 g/mol. The third-order valence-electron chi connectivity index (χ3n) is 3.13. The molecule has 0 amide bonds. The van der Waals surface area contributed by atoms with Crippen molar-refractivity contribution in [3.63, 3.8) is 0 Å². The summed E-state index contributed by atoms with van der Waals surface area (Å²) in [6.45, 7) is 0. The van der Waals surface area contributed by atoms with Crippen molar-refractivity contribution in [2.75, 3.05) is 0 Å². The molecule has 4 nitrogen and oxygen atoms in total. The van der Waals surface area contributed by atoms with Crippen LogP contribution in [0.1, 0.15) is 0 Å². The number of nitrogens with one attached hydrogen (secondary N) is 1. The molecule has 3 aromatic heterocycles. The Labute approximate surface area is 102 Å². The van der Waals surface area contributed by atoms with Crippen molar-refractivity contribution in [3.8, 4) is 11.1 Å². The second kappa shape index (κ2) is 3.43. The summed E-state index contributed by atoms with van der Waals surface area (Å²) in [5.41, 5.74) is 3.83. The average Bonchev–Trinajstić information content (AvgIpc) is 3.06. The van der Waals surface area contributed by atoms with Gasteiger partial charge in [-0.05, 0) is 23.8 Å². The molecule has 0 unspecified atom stereocenters. The van der Waals surface area contributed by atoms with Gasteiger partial charge in [0.2, 0.25) is 0 Å². The van der Waals surface area contributed by atoms with Crippen LogP contribution in [0.15, 0.2) is 53.4 Å². The van der Waals surface area contributed by atoms with Gasteiger partial charge in [0.25, 0.3) is 0 Å². The summed E-state index contributed by atoms with van der Waals surface area (Å²) >= 11 is 0. The predicted octanol–water partition coefficient (Wildman–Crippen LogP) is 3.37. The summed E-state index contributed by atoms with van der Waals surface area (Å²) in [6, 6.07) is 10.0. The minimum atomic E-state index is 0.811. The maximum atomic E-state index is 5.35. The van der Waals surface area contributed by atoms with Crippen LogP contribution in [0.3, 0.4) is 0 Å². The Morgan fingerprint density at radius 1 is 1.06 bits per heavy atom. The number of H-pyrrole nitrogens is 1. The Bertz CT molecular complexity index is 772. The molecule has 0 radical (unpaired) electrons. The zero-order chi connectivity index (χ0) is 11.9. The first-order valence-electron chi connectivity index (χ1n) is 5.69. The Morgan fingerprint density at radius 2 is 2.06 bits per heavy atom. The van der Waals surface area contributed by atoms with Gasteiger partial charge in [-0.1, -0.05) is 17.3 Å². The number of rotatable bonds is 1. The average molecular weight is 235 g/mol. The van der Waals surface area contributed by atoms with Crippen molar-refractivity contribution in [3.05, 3.63) is 48.9 Å². The van der Waals surface area contributed by atoms with Crippen LogP contribution in [-0.4, -0.2) is 15.1 Å². The molecule has 0 saturated heterocycles. The number of aromatic amines is 1. The van der Waals surface area contributed by atoms with E-state index in [1.807, 2.05) is 36.5 Å². The molecule has 4 heteroatoms. The lowest BCUT2D eigenvalue weighted by Crippen LogP contribution is -1.82. The summed E-state index contributed by atoms with van der Waals surface area (Å²) in [4.78, 5) is 7.41. The van der Waals surface area contributed by atoms with Gasteiger partial charge in [-0.3, -0.25) is 0 Å². The zero-order valence-corrected chi connectivity index (χ0v) is 9.42. The number of pyridine rings is 1. The van der Waals surface area contributed by atoms with Crippen molar-refractivity contribution in [2.24, 2.45) is 0 Å². The molecule has 4 aromatic rings. The monoisotopic (exact) mass is 235 g/mol. The van der Waals surface area contributed by atoms with Gasteiger partial charge in [-0.15, -0.1) is 0 Å². The Balaban J connectivity index is 2.13. The van der Waals surface area contributed by atoms with Gasteiger partial charge in [-0.25, -0.2) is 4.98 Å². The van der Waals surface area contributed by atoms with Crippen molar-refractivity contribution in [1.29, 1.82) is 0 Å². The highest BCUT2D eigenvalue weighted by Gasteiger charge is 2.11. The fourth-order valence-electron chi connectivity index (χ4n) is 2.30. The van der Waals surface area contributed by atoms with E-state index in [0.717, 1.165) is 33.1 Å². The molecule has 4 rings (SSSR count). The molecular formula is C14H9N3O. The molecule has 0 atom stereocenters. The van der Waals surface area contributed by atoms with E-state index < -0.39 is 0 Å². The standard InChI is InChI=1S/C14H9N3O/c1-2-9-8-17-18-13(9)11(3-1)10-4-6-15-14-12(10)5-7-16-14/h1-8H,(H,15,16). The lowest BCUT2D eigenvalue weighted by atomic mass is 10.0. The highest BCUT2D eigenvalue weighted by molar-refractivity contribution is 6.01. The molecule has 18 heavy (non-hydrogen) atoms. The number of para-hydroxylation sites is 1. The second-order valence-electron chi connectivity index (χ2n) is 4.15. The highest BCUT2D eigenvalue weighted by Crippen LogP contribution is 2.32. The van der Waals surface area contributed by atoms with Crippen molar-refractivity contribution >= 4 is 22.0 Å². The summed E-state index contributed by atoms with van der Waals surface area (Å²) in [5.74, 6) is 0. The van der Waals surface area contributed by atoms with Crippen LogP contribution in [-0.2, 0) is 0 Å². The van der Waals surface area contributed by atoms with Gasteiger partial charge in [0.15, 0.2) is 5.58 Å². The molecule has 3 heterocycles. The van der Waals surface area contributed by atoms with Gasteiger partial charge >= 0.3 is 0 Å². The number of hydrogen-bond donors (Lipinski definition) is 1. The minimum absolute atomic E-state index is 0.811. The zero-order valence-electron chi connectivity index (χ0n) is 9.42. The van der Waals surface area contributed by atoms with Crippen LogP contribution in [0.2, 0.25) is 0 Å². The van der Waals surface area contributed by atoms with Gasteiger partial charge in [0, 0.05) is 28.7 Å². The van der Waals surface area contributed by atoms with E-state index in [1.54, 1.807) is 12.4 Å². The summed E-state index contributed by atoms with van der Waals surface area (Å²) in [6.07, 6.45) is 5.42. The van der Waals surface area contributed by atoms with Gasteiger partial charge in [0.1, 0.15) is 5.65 Å². The third-order valence-corrected chi connectivity index (χ3v) is 3.13.